The Bertz CT molecular complexity index is 416. The van der Waals surface area contributed by atoms with Crippen LogP contribution >= 0.6 is 15.9 Å². The summed E-state index contributed by atoms with van der Waals surface area (Å²) >= 11 is 3.19. The van der Waals surface area contributed by atoms with Gasteiger partial charge in [0, 0.05) is 18.0 Å². The lowest BCUT2D eigenvalue weighted by Gasteiger charge is -2.06. The van der Waals surface area contributed by atoms with Crippen molar-refractivity contribution in [2.45, 2.75) is 6.10 Å². The smallest absolute Gasteiger partial charge is 0.175 e. The Morgan fingerprint density at radius 2 is 2.29 bits per heavy atom. The van der Waals surface area contributed by atoms with Crippen molar-refractivity contribution in [3.05, 3.63) is 46.8 Å². The van der Waals surface area contributed by atoms with E-state index in [0.717, 1.165) is 0 Å². The van der Waals surface area contributed by atoms with Crippen LogP contribution < -0.4 is 0 Å². The van der Waals surface area contributed by atoms with Gasteiger partial charge in [-0.2, -0.15) is 0 Å². The quantitative estimate of drug-likeness (QED) is 0.890. The zero-order chi connectivity index (χ0) is 9.97. The molecule has 0 aromatic carbocycles. The summed E-state index contributed by atoms with van der Waals surface area (Å²) in [6.07, 6.45) is 5.30. The van der Waals surface area contributed by atoms with E-state index in [9.17, 15) is 5.11 Å². The van der Waals surface area contributed by atoms with Crippen LogP contribution in [0.1, 0.15) is 17.4 Å². The van der Waals surface area contributed by atoms with Gasteiger partial charge in [-0.05, 0) is 22.0 Å². The number of nitrogens with zero attached hydrogens (tertiary/aromatic N) is 2. The van der Waals surface area contributed by atoms with Gasteiger partial charge in [0.1, 0.15) is 6.10 Å². The number of hydrogen-bond acceptors (Lipinski definition) is 4. The molecule has 2 aromatic rings. The molecule has 0 saturated carbocycles. The minimum atomic E-state index is -0.808. The largest absolute Gasteiger partial charge is 0.457 e. The van der Waals surface area contributed by atoms with E-state index in [1.54, 1.807) is 12.3 Å². The monoisotopic (exact) mass is 254 g/mol. The third kappa shape index (κ3) is 1.69. The molecule has 0 spiro atoms. The van der Waals surface area contributed by atoms with E-state index < -0.39 is 6.10 Å². The van der Waals surface area contributed by atoms with Gasteiger partial charge < -0.3 is 9.52 Å². The molecule has 0 radical (unpaired) electrons. The van der Waals surface area contributed by atoms with E-state index in [4.69, 9.17) is 4.42 Å². The summed E-state index contributed by atoms with van der Waals surface area (Å²) in [6, 6.07) is 1.68. The van der Waals surface area contributed by atoms with E-state index in [2.05, 4.69) is 25.9 Å². The van der Waals surface area contributed by atoms with E-state index in [1.807, 2.05) is 0 Å². The topological polar surface area (TPSA) is 59.2 Å². The Morgan fingerprint density at radius 3 is 2.86 bits per heavy atom. The molecule has 1 unspecified atom stereocenters. The standard InChI is InChI=1S/C9H7BrN2O2/c10-9-6(1-4-14-9)8(13)7-5-11-2-3-12-7/h1-5,8,13H. The van der Waals surface area contributed by atoms with Crippen LogP contribution in [0.25, 0.3) is 0 Å². The SMILES string of the molecule is OC(c1cnccn1)c1ccoc1Br. The summed E-state index contributed by atoms with van der Waals surface area (Å²) in [5, 5.41) is 9.87. The summed E-state index contributed by atoms with van der Waals surface area (Å²) in [4.78, 5) is 7.88. The van der Waals surface area contributed by atoms with Crippen molar-refractivity contribution < 1.29 is 9.52 Å². The maximum Gasteiger partial charge on any atom is 0.175 e. The number of rotatable bonds is 2. The molecule has 14 heavy (non-hydrogen) atoms. The van der Waals surface area contributed by atoms with Gasteiger partial charge in [-0.15, -0.1) is 0 Å². The second kappa shape index (κ2) is 3.89. The normalized spacial score (nSPS) is 12.7. The molecule has 4 nitrogen and oxygen atoms in total. The van der Waals surface area contributed by atoms with Crippen LogP contribution in [0.5, 0.6) is 0 Å². The van der Waals surface area contributed by atoms with Gasteiger partial charge in [0.2, 0.25) is 0 Å². The van der Waals surface area contributed by atoms with Crippen LogP contribution in [0.4, 0.5) is 0 Å². The van der Waals surface area contributed by atoms with Crippen LogP contribution in [0.2, 0.25) is 0 Å². The van der Waals surface area contributed by atoms with Gasteiger partial charge in [0.05, 0.1) is 18.2 Å². The first-order chi connectivity index (χ1) is 6.79. The molecular formula is C9H7BrN2O2. The van der Waals surface area contributed by atoms with Gasteiger partial charge in [-0.25, -0.2) is 0 Å². The van der Waals surface area contributed by atoms with E-state index in [1.165, 1.54) is 18.7 Å². The summed E-state index contributed by atoms with van der Waals surface area (Å²) in [7, 11) is 0. The van der Waals surface area contributed by atoms with Crippen LogP contribution in [-0.4, -0.2) is 15.1 Å². The van der Waals surface area contributed by atoms with Crippen molar-refractivity contribution in [3.63, 3.8) is 0 Å². The van der Waals surface area contributed by atoms with E-state index >= 15 is 0 Å². The second-order valence-corrected chi connectivity index (χ2v) is 3.40. The molecule has 0 fully saturated rings. The van der Waals surface area contributed by atoms with Crippen LogP contribution in [0.15, 0.2) is 40.0 Å². The van der Waals surface area contributed by atoms with Crippen LogP contribution in [0, 0.1) is 0 Å². The number of aliphatic hydroxyl groups excluding tert-OH is 1. The van der Waals surface area contributed by atoms with E-state index in [0.29, 0.717) is 15.9 Å². The van der Waals surface area contributed by atoms with Crippen molar-refractivity contribution in [3.8, 4) is 0 Å². The minimum absolute atomic E-state index is 0.495. The van der Waals surface area contributed by atoms with Crippen molar-refractivity contribution in [1.82, 2.24) is 9.97 Å². The van der Waals surface area contributed by atoms with Gasteiger partial charge in [0.25, 0.3) is 0 Å². The van der Waals surface area contributed by atoms with Crippen LogP contribution in [-0.2, 0) is 0 Å². The van der Waals surface area contributed by atoms with Gasteiger partial charge in [-0.3, -0.25) is 9.97 Å². The van der Waals surface area contributed by atoms with Crippen molar-refractivity contribution in [2.24, 2.45) is 0 Å². The van der Waals surface area contributed by atoms with Crippen molar-refractivity contribution in [1.29, 1.82) is 0 Å². The molecule has 0 bridgehead atoms. The lowest BCUT2D eigenvalue weighted by atomic mass is 10.1. The summed E-state index contributed by atoms with van der Waals surface area (Å²) in [5.41, 5.74) is 1.14. The predicted molar refractivity (Wildman–Crippen MR) is 52.5 cm³/mol. The van der Waals surface area contributed by atoms with E-state index in [-0.39, 0.29) is 0 Å². The highest BCUT2D eigenvalue weighted by atomic mass is 79.9. The number of hydrogen-bond donors (Lipinski definition) is 1. The van der Waals surface area contributed by atoms with Crippen molar-refractivity contribution >= 4 is 15.9 Å². The highest BCUT2D eigenvalue weighted by molar-refractivity contribution is 9.10. The first-order valence-electron chi connectivity index (χ1n) is 3.96. The molecule has 2 aromatic heterocycles. The first-order valence-corrected chi connectivity index (χ1v) is 4.75. The third-order valence-electron chi connectivity index (χ3n) is 1.80. The molecule has 0 aliphatic carbocycles. The molecule has 0 saturated heterocycles. The molecule has 0 amide bonds. The highest BCUT2D eigenvalue weighted by Gasteiger charge is 2.16. The Morgan fingerprint density at radius 1 is 1.43 bits per heavy atom. The Kier molecular flexibility index (Phi) is 2.60. The number of furan rings is 1. The Labute approximate surface area is 88.7 Å². The molecular weight excluding hydrogens is 248 g/mol. The fourth-order valence-electron chi connectivity index (χ4n) is 1.11. The minimum Gasteiger partial charge on any atom is -0.457 e. The Hall–Kier alpha value is -1.20. The zero-order valence-corrected chi connectivity index (χ0v) is 8.68. The summed E-state index contributed by atoms with van der Waals surface area (Å²) in [6.45, 7) is 0. The second-order valence-electron chi connectivity index (χ2n) is 2.68. The number of aliphatic hydroxyl groups is 1. The van der Waals surface area contributed by atoms with Crippen LogP contribution in [0.3, 0.4) is 0 Å². The average Bonchev–Trinajstić information content (AvgIpc) is 2.65. The molecule has 1 atom stereocenters. The third-order valence-corrected chi connectivity index (χ3v) is 2.45. The fraction of sp³-hybridized carbons (Fsp3) is 0.111. The lowest BCUT2D eigenvalue weighted by molar-refractivity contribution is 0.212. The van der Waals surface area contributed by atoms with Gasteiger partial charge >= 0.3 is 0 Å². The maximum absolute atomic E-state index is 9.87. The summed E-state index contributed by atoms with van der Waals surface area (Å²) in [5.74, 6) is 0. The molecule has 0 aliphatic rings. The average molecular weight is 255 g/mol. The molecule has 5 heteroatoms. The van der Waals surface area contributed by atoms with Crippen molar-refractivity contribution in [2.75, 3.05) is 0 Å². The maximum atomic E-state index is 9.87. The zero-order valence-electron chi connectivity index (χ0n) is 7.09. The number of aromatic nitrogens is 2. The molecule has 0 aliphatic heterocycles. The van der Waals surface area contributed by atoms with Gasteiger partial charge in [-0.1, -0.05) is 0 Å². The Balaban J connectivity index is 2.34. The molecule has 72 valence electrons. The molecule has 2 heterocycles. The fourth-order valence-corrected chi connectivity index (χ4v) is 1.57. The molecule has 2 rings (SSSR count). The lowest BCUT2D eigenvalue weighted by Crippen LogP contribution is -2.01. The predicted octanol–water partition coefficient (Wildman–Crippen LogP) is 1.91. The summed E-state index contributed by atoms with van der Waals surface area (Å²) < 4.78 is 5.53. The first kappa shape index (κ1) is 9.36. The number of halogens is 1. The highest BCUT2D eigenvalue weighted by Crippen LogP contribution is 2.27. The van der Waals surface area contributed by atoms with Gasteiger partial charge in [0.15, 0.2) is 4.67 Å². The molecule has 1 N–H and O–H groups in total.